The molecule has 1 unspecified atom stereocenters. The monoisotopic (exact) mass is 180 g/mol. The van der Waals surface area contributed by atoms with Crippen LogP contribution in [0.3, 0.4) is 0 Å². The second kappa shape index (κ2) is 3.28. The molecule has 0 aliphatic carbocycles. The maximum Gasteiger partial charge on any atom is 0.200 e. The van der Waals surface area contributed by atoms with E-state index in [4.69, 9.17) is 16.3 Å². The van der Waals surface area contributed by atoms with Gasteiger partial charge in [0.2, 0.25) is 0 Å². The van der Waals surface area contributed by atoms with Gasteiger partial charge in [-0.1, -0.05) is 0 Å². The van der Waals surface area contributed by atoms with Crippen molar-refractivity contribution in [2.45, 2.75) is 6.42 Å². The molecule has 0 aromatic carbocycles. The minimum atomic E-state index is -1.77. The van der Waals surface area contributed by atoms with Crippen molar-refractivity contribution in [3.05, 3.63) is 0 Å². The third-order valence-corrected chi connectivity index (χ3v) is 5.32. The van der Waals surface area contributed by atoms with E-state index in [2.05, 4.69) is 5.09 Å². The van der Waals surface area contributed by atoms with Crippen LogP contribution >= 0.6 is 6.57 Å². The van der Waals surface area contributed by atoms with Gasteiger partial charge >= 0.3 is 0 Å². The van der Waals surface area contributed by atoms with Crippen molar-refractivity contribution in [2.24, 2.45) is 0 Å². The Hall–Kier alpha value is 0.530. The van der Waals surface area contributed by atoms with E-state index in [1.807, 2.05) is 18.8 Å². The zero-order valence-corrected chi connectivity index (χ0v) is 8.04. The highest BCUT2D eigenvalue weighted by atomic mass is 32.5. The second-order valence-electron chi connectivity index (χ2n) is 2.46. The lowest BCUT2D eigenvalue weighted by molar-refractivity contribution is 0.289. The van der Waals surface area contributed by atoms with Crippen LogP contribution in [-0.2, 0) is 16.3 Å². The van der Waals surface area contributed by atoms with E-state index in [0.29, 0.717) is 0 Å². The van der Waals surface area contributed by atoms with Gasteiger partial charge in [-0.25, -0.2) is 4.67 Å². The van der Waals surface area contributed by atoms with Crippen molar-refractivity contribution in [3.8, 4) is 0 Å². The Morgan fingerprint density at radius 1 is 1.60 bits per heavy atom. The van der Waals surface area contributed by atoms with Gasteiger partial charge in [-0.2, -0.15) is 0 Å². The number of hydrogen-bond donors (Lipinski definition) is 1. The Morgan fingerprint density at radius 3 is 2.60 bits per heavy atom. The highest BCUT2D eigenvalue weighted by Gasteiger charge is 2.22. The van der Waals surface area contributed by atoms with Crippen molar-refractivity contribution in [1.29, 1.82) is 0 Å². The first-order chi connectivity index (χ1) is 4.65. The Morgan fingerprint density at radius 2 is 2.30 bits per heavy atom. The van der Waals surface area contributed by atoms with Gasteiger partial charge in [-0.3, -0.25) is 5.09 Å². The van der Waals surface area contributed by atoms with Crippen LogP contribution in [0.4, 0.5) is 0 Å². The Kier molecular flexibility index (Phi) is 2.83. The summed E-state index contributed by atoms with van der Waals surface area (Å²) in [6, 6.07) is 0. The maximum absolute atomic E-state index is 5.47. The highest BCUT2D eigenvalue weighted by Crippen LogP contribution is 2.46. The molecule has 1 aliphatic heterocycles. The molecule has 0 amide bonds. The molecule has 0 saturated carbocycles. The first-order valence-electron chi connectivity index (χ1n) is 3.33. The summed E-state index contributed by atoms with van der Waals surface area (Å²) in [5.74, 6) is 0. The summed E-state index contributed by atoms with van der Waals surface area (Å²) in [7, 11) is 3.91. The van der Waals surface area contributed by atoms with E-state index in [-0.39, 0.29) is 0 Å². The second-order valence-corrected chi connectivity index (χ2v) is 6.36. The molecule has 60 valence electrons. The third-order valence-electron chi connectivity index (χ3n) is 1.43. The molecular formula is C5H13N2OPS. The van der Waals surface area contributed by atoms with Gasteiger partial charge < -0.3 is 4.52 Å². The Balaban J connectivity index is 2.57. The quantitative estimate of drug-likeness (QED) is 0.603. The first-order valence-corrected chi connectivity index (χ1v) is 6.00. The fraction of sp³-hybridized carbons (Fsp3) is 1.00. The molecule has 1 heterocycles. The number of rotatable bonds is 1. The molecule has 0 bridgehead atoms. The predicted octanol–water partition coefficient (Wildman–Crippen LogP) is 0.782. The van der Waals surface area contributed by atoms with E-state index in [9.17, 15) is 0 Å². The molecule has 1 fully saturated rings. The summed E-state index contributed by atoms with van der Waals surface area (Å²) >= 11 is 5.28. The molecule has 1 aliphatic rings. The molecule has 0 radical (unpaired) electrons. The SMILES string of the molecule is CN(C)P1(=S)NCCCO1. The normalized spacial score (nSPS) is 34.7. The largest absolute Gasteiger partial charge is 0.327 e. The average molecular weight is 180 g/mol. The average Bonchev–Trinajstić information content (AvgIpc) is 1.89. The van der Waals surface area contributed by atoms with Crippen molar-refractivity contribution in [2.75, 3.05) is 27.2 Å². The summed E-state index contributed by atoms with van der Waals surface area (Å²) < 4.78 is 7.44. The van der Waals surface area contributed by atoms with Gasteiger partial charge in [0.05, 0.1) is 6.61 Å². The lowest BCUT2D eigenvalue weighted by Crippen LogP contribution is -2.29. The third kappa shape index (κ3) is 1.77. The molecule has 10 heavy (non-hydrogen) atoms. The molecule has 1 N–H and O–H groups in total. The molecule has 3 nitrogen and oxygen atoms in total. The summed E-state index contributed by atoms with van der Waals surface area (Å²) in [5, 5.41) is 3.22. The van der Waals surface area contributed by atoms with Crippen molar-refractivity contribution in [3.63, 3.8) is 0 Å². The van der Waals surface area contributed by atoms with Crippen LogP contribution in [0.5, 0.6) is 0 Å². The molecule has 0 spiro atoms. The predicted molar refractivity (Wildman–Crippen MR) is 46.5 cm³/mol. The van der Waals surface area contributed by atoms with Crippen LogP contribution < -0.4 is 5.09 Å². The zero-order valence-electron chi connectivity index (χ0n) is 6.33. The lowest BCUT2D eigenvalue weighted by Gasteiger charge is -2.32. The number of nitrogens with zero attached hydrogens (tertiary/aromatic N) is 1. The highest BCUT2D eigenvalue weighted by molar-refractivity contribution is 8.10. The van der Waals surface area contributed by atoms with Gasteiger partial charge in [-0.15, -0.1) is 0 Å². The Labute approximate surface area is 66.9 Å². The Bertz CT molecular complexity index is 152. The van der Waals surface area contributed by atoms with Crippen LogP contribution in [0.2, 0.25) is 0 Å². The van der Waals surface area contributed by atoms with Crippen LogP contribution in [0.15, 0.2) is 0 Å². The van der Waals surface area contributed by atoms with E-state index < -0.39 is 6.57 Å². The standard InChI is InChI=1S/C5H13N2OPS/c1-7(2)9(10)6-4-3-5-8-9/h3-5H2,1-2H3,(H,6,10). The summed E-state index contributed by atoms with van der Waals surface area (Å²) in [4.78, 5) is 0. The molecular weight excluding hydrogens is 167 g/mol. The fourth-order valence-corrected chi connectivity index (χ4v) is 2.70. The van der Waals surface area contributed by atoms with Gasteiger partial charge in [0.15, 0.2) is 6.57 Å². The molecule has 1 rings (SSSR count). The van der Waals surface area contributed by atoms with E-state index in [0.717, 1.165) is 19.6 Å². The van der Waals surface area contributed by atoms with Crippen molar-refractivity contribution in [1.82, 2.24) is 9.76 Å². The molecule has 0 aromatic rings. The van der Waals surface area contributed by atoms with Gasteiger partial charge in [0, 0.05) is 6.54 Å². The zero-order chi connectivity index (χ0) is 7.61. The van der Waals surface area contributed by atoms with Crippen LogP contribution in [0.1, 0.15) is 6.42 Å². The van der Waals surface area contributed by atoms with Crippen molar-refractivity contribution < 1.29 is 4.52 Å². The summed E-state index contributed by atoms with van der Waals surface area (Å²) in [6.07, 6.45) is 1.08. The molecule has 1 saturated heterocycles. The number of hydrogen-bond acceptors (Lipinski definition) is 2. The maximum atomic E-state index is 5.47. The van der Waals surface area contributed by atoms with E-state index in [1.54, 1.807) is 0 Å². The van der Waals surface area contributed by atoms with Crippen molar-refractivity contribution >= 4 is 18.4 Å². The minimum absolute atomic E-state index is 0.808. The first kappa shape index (κ1) is 8.62. The number of nitrogens with one attached hydrogen (secondary N) is 1. The van der Waals surface area contributed by atoms with Crippen LogP contribution in [-0.4, -0.2) is 31.9 Å². The fourth-order valence-electron chi connectivity index (χ4n) is 0.783. The molecule has 1 atom stereocenters. The summed E-state index contributed by atoms with van der Waals surface area (Å²) in [6.45, 7) is 0.0348. The minimum Gasteiger partial charge on any atom is -0.327 e. The van der Waals surface area contributed by atoms with Gasteiger partial charge in [0.25, 0.3) is 0 Å². The van der Waals surface area contributed by atoms with Gasteiger partial charge in [-0.05, 0) is 32.3 Å². The van der Waals surface area contributed by atoms with Gasteiger partial charge in [0.1, 0.15) is 0 Å². The van der Waals surface area contributed by atoms with E-state index in [1.165, 1.54) is 0 Å². The smallest absolute Gasteiger partial charge is 0.200 e. The molecule has 0 aromatic heterocycles. The van der Waals surface area contributed by atoms with E-state index >= 15 is 0 Å². The lowest BCUT2D eigenvalue weighted by atomic mass is 10.5. The van der Waals surface area contributed by atoms with Crippen LogP contribution in [0.25, 0.3) is 0 Å². The summed E-state index contributed by atoms with van der Waals surface area (Å²) in [5.41, 5.74) is 0. The molecule has 5 heteroatoms. The topological polar surface area (TPSA) is 24.5 Å². The van der Waals surface area contributed by atoms with Crippen LogP contribution in [0, 0.1) is 0 Å².